The van der Waals surface area contributed by atoms with Crippen molar-refractivity contribution in [2.24, 2.45) is 0 Å². The van der Waals surface area contributed by atoms with Crippen LogP contribution in [0.25, 0.3) is 0 Å². The summed E-state index contributed by atoms with van der Waals surface area (Å²) < 4.78 is 33.4. The summed E-state index contributed by atoms with van der Waals surface area (Å²) in [5.41, 5.74) is -0.216. The number of aliphatic hydroxyl groups is 1. The highest BCUT2D eigenvalue weighted by molar-refractivity contribution is 6.31. The van der Waals surface area contributed by atoms with E-state index in [1.165, 1.54) is 19.1 Å². The molecule has 1 saturated heterocycles. The van der Waals surface area contributed by atoms with Crippen LogP contribution in [0.5, 0.6) is 5.75 Å². The Morgan fingerprint density at radius 1 is 0.881 bits per heavy atom. The minimum atomic E-state index is -2.49. The Balaban J connectivity index is 2.16. The van der Waals surface area contributed by atoms with Gasteiger partial charge in [0.05, 0.1) is 6.61 Å². The molecule has 1 N–H and O–H groups in total. The van der Waals surface area contributed by atoms with Crippen LogP contribution in [0, 0.1) is 0 Å². The van der Waals surface area contributed by atoms with Gasteiger partial charge in [0.2, 0.25) is 11.9 Å². The summed E-state index contributed by atoms with van der Waals surface area (Å²) in [7, 11) is 0. The van der Waals surface area contributed by atoms with Crippen LogP contribution in [0.4, 0.5) is 0 Å². The maximum atomic E-state index is 12.3. The minimum Gasteiger partial charge on any atom is -0.494 e. The van der Waals surface area contributed by atoms with Crippen LogP contribution in [0.15, 0.2) is 42.5 Å². The third kappa shape index (κ3) is 7.78. The van der Waals surface area contributed by atoms with Crippen molar-refractivity contribution in [3.05, 3.63) is 64.2 Å². The molecular weight excluding hydrogens is 572 g/mol. The molecule has 228 valence electrons. The van der Waals surface area contributed by atoms with Crippen LogP contribution >= 0.6 is 11.6 Å². The number of halogens is 1. The molecule has 0 bridgehead atoms. The summed E-state index contributed by atoms with van der Waals surface area (Å²) in [5, 5.41) is 12.6. The third-order valence-corrected chi connectivity index (χ3v) is 6.88. The number of carbonyl (C=O) groups excluding carboxylic acids is 4. The van der Waals surface area contributed by atoms with Gasteiger partial charge in [-0.1, -0.05) is 29.8 Å². The number of esters is 4. The molecule has 0 spiro atoms. The summed E-state index contributed by atoms with van der Waals surface area (Å²) >= 11 is 6.53. The quantitative estimate of drug-likeness (QED) is 0.313. The number of benzene rings is 2. The molecule has 11 nitrogen and oxygen atoms in total. The van der Waals surface area contributed by atoms with Gasteiger partial charge < -0.3 is 33.5 Å². The van der Waals surface area contributed by atoms with Gasteiger partial charge >= 0.3 is 23.9 Å². The van der Waals surface area contributed by atoms with E-state index < -0.39 is 60.2 Å². The summed E-state index contributed by atoms with van der Waals surface area (Å²) in [6.45, 7) is 7.78. The molecule has 0 unspecified atom stereocenters. The van der Waals surface area contributed by atoms with Crippen LogP contribution in [0.1, 0.15) is 58.2 Å². The number of carbonyl (C=O) groups is 4. The molecule has 0 aromatic heterocycles. The Kier molecular flexibility index (Phi) is 10.6. The predicted octanol–water partition coefficient (Wildman–Crippen LogP) is 3.62. The molecule has 1 fully saturated rings. The van der Waals surface area contributed by atoms with E-state index in [-0.39, 0.29) is 5.56 Å². The van der Waals surface area contributed by atoms with E-state index in [0.717, 1.165) is 33.3 Å². The average Bonchev–Trinajstić information content (AvgIpc) is 2.89. The first kappa shape index (κ1) is 32.8. The standard InChI is InChI=1S/C30H35ClO11/c1-7-37-24-11-8-21(9-12-24)14-22-15-23(10-13-25(22)31)30(36)28(41-20(5)35)26(39-18(3)33)27(40-19(4)34)29(6,42-30)16-38-17(2)32/h8-13,15,26-28,36H,7,14,16H2,1-6H3/t26-,27-,28+,29+,30-/m0/s1. The molecule has 0 aliphatic carbocycles. The maximum absolute atomic E-state index is 12.3. The second-order valence-electron chi connectivity index (χ2n) is 10.1. The predicted molar refractivity (Wildman–Crippen MR) is 149 cm³/mol. The highest BCUT2D eigenvalue weighted by Crippen LogP contribution is 2.46. The van der Waals surface area contributed by atoms with Crippen molar-refractivity contribution < 1.29 is 52.7 Å². The average molecular weight is 607 g/mol. The van der Waals surface area contributed by atoms with Gasteiger partial charge in [-0.15, -0.1) is 0 Å². The Morgan fingerprint density at radius 2 is 1.48 bits per heavy atom. The molecule has 0 saturated carbocycles. The molecule has 2 aromatic carbocycles. The molecule has 3 rings (SSSR count). The largest absolute Gasteiger partial charge is 0.494 e. The van der Waals surface area contributed by atoms with Crippen molar-refractivity contribution in [2.45, 2.75) is 77.7 Å². The van der Waals surface area contributed by atoms with Crippen LogP contribution in [0.2, 0.25) is 5.02 Å². The van der Waals surface area contributed by atoms with E-state index >= 15 is 0 Å². The fourth-order valence-electron chi connectivity index (χ4n) is 4.81. The van der Waals surface area contributed by atoms with Crippen LogP contribution in [-0.4, -0.2) is 66.1 Å². The summed E-state index contributed by atoms with van der Waals surface area (Å²) in [4.78, 5) is 48.4. The number of hydrogen-bond donors (Lipinski definition) is 1. The van der Waals surface area contributed by atoms with E-state index in [4.69, 9.17) is 40.0 Å². The van der Waals surface area contributed by atoms with Gasteiger partial charge in [-0.05, 0) is 55.7 Å². The highest BCUT2D eigenvalue weighted by Gasteiger charge is 2.65. The van der Waals surface area contributed by atoms with E-state index in [1.54, 1.807) is 6.07 Å². The van der Waals surface area contributed by atoms with E-state index in [0.29, 0.717) is 29.4 Å². The molecule has 0 amide bonds. The van der Waals surface area contributed by atoms with Crippen molar-refractivity contribution in [3.8, 4) is 5.75 Å². The molecule has 2 aromatic rings. The molecule has 42 heavy (non-hydrogen) atoms. The number of rotatable bonds is 10. The SMILES string of the molecule is CCOc1ccc(Cc2cc([C@]3(O)O[C@](C)(COC(C)=O)[C@@H](OC(C)=O)[C@H](OC(C)=O)[C@H]3OC(C)=O)ccc2Cl)cc1. The van der Waals surface area contributed by atoms with E-state index in [2.05, 4.69) is 0 Å². The van der Waals surface area contributed by atoms with Gasteiger partial charge in [0.1, 0.15) is 18.0 Å². The van der Waals surface area contributed by atoms with Crippen LogP contribution < -0.4 is 4.74 Å². The minimum absolute atomic E-state index is 0.0894. The van der Waals surface area contributed by atoms with E-state index in [9.17, 15) is 24.3 Å². The fourth-order valence-corrected chi connectivity index (χ4v) is 5.00. The van der Waals surface area contributed by atoms with Crippen molar-refractivity contribution in [1.82, 2.24) is 0 Å². The lowest BCUT2D eigenvalue weighted by Crippen LogP contribution is -2.71. The lowest BCUT2D eigenvalue weighted by atomic mass is 9.81. The second kappa shape index (κ2) is 13.5. The first-order valence-corrected chi connectivity index (χ1v) is 13.6. The Morgan fingerprint density at radius 3 is 2.02 bits per heavy atom. The summed E-state index contributed by atoms with van der Waals surface area (Å²) in [6.07, 6.45) is -4.40. The Labute approximate surface area is 248 Å². The third-order valence-electron chi connectivity index (χ3n) is 6.51. The van der Waals surface area contributed by atoms with Crippen LogP contribution in [-0.2, 0) is 55.1 Å². The summed E-state index contributed by atoms with van der Waals surface area (Å²) in [6, 6.07) is 12.0. The molecular formula is C30H35ClO11. The zero-order valence-electron chi connectivity index (χ0n) is 24.3. The van der Waals surface area contributed by atoms with Crippen molar-refractivity contribution in [2.75, 3.05) is 13.2 Å². The monoisotopic (exact) mass is 606 g/mol. The maximum Gasteiger partial charge on any atom is 0.303 e. The van der Waals surface area contributed by atoms with Gasteiger partial charge in [-0.25, -0.2) is 0 Å². The van der Waals surface area contributed by atoms with Crippen molar-refractivity contribution >= 4 is 35.5 Å². The molecule has 1 heterocycles. The Bertz CT molecular complexity index is 1310. The van der Waals surface area contributed by atoms with Crippen molar-refractivity contribution in [3.63, 3.8) is 0 Å². The van der Waals surface area contributed by atoms with Gasteiger partial charge in [0, 0.05) is 38.3 Å². The van der Waals surface area contributed by atoms with Gasteiger partial charge in [-0.2, -0.15) is 0 Å². The topological polar surface area (TPSA) is 144 Å². The molecule has 12 heteroatoms. The lowest BCUT2D eigenvalue weighted by molar-refractivity contribution is -0.387. The smallest absolute Gasteiger partial charge is 0.303 e. The van der Waals surface area contributed by atoms with E-state index in [1.807, 2.05) is 31.2 Å². The first-order chi connectivity index (χ1) is 19.7. The molecule has 0 radical (unpaired) electrons. The number of ether oxygens (including phenoxy) is 6. The van der Waals surface area contributed by atoms with Gasteiger partial charge in [-0.3, -0.25) is 19.2 Å². The number of hydrogen-bond acceptors (Lipinski definition) is 11. The molecule has 5 atom stereocenters. The first-order valence-electron chi connectivity index (χ1n) is 13.3. The molecule has 1 aliphatic heterocycles. The zero-order valence-corrected chi connectivity index (χ0v) is 25.1. The van der Waals surface area contributed by atoms with Gasteiger partial charge in [0.15, 0.2) is 12.2 Å². The zero-order chi connectivity index (χ0) is 31.2. The lowest BCUT2D eigenvalue weighted by Gasteiger charge is -2.53. The fraction of sp³-hybridized carbons (Fsp3) is 0.467. The Hall–Kier alpha value is -3.67. The van der Waals surface area contributed by atoms with Crippen LogP contribution in [0.3, 0.4) is 0 Å². The molecule has 1 aliphatic rings. The summed E-state index contributed by atoms with van der Waals surface area (Å²) in [5.74, 6) is -4.91. The van der Waals surface area contributed by atoms with Crippen molar-refractivity contribution in [1.29, 1.82) is 0 Å². The normalized spacial score (nSPS) is 25.2. The second-order valence-corrected chi connectivity index (χ2v) is 10.5. The highest BCUT2D eigenvalue weighted by atomic mass is 35.5. The van der Waals surface area contributed by atoms with Gasteiger partial charge in [0.25, 0.3) is 0 Å².